The Morgan fingerprint density at radius 3 is 2.75 bits per heavy atom. The van der Waals surface area contributed by atoms with Gasteiger partial charge in [0.2, 0.25) is 10.0 Å². The normalized spacial score (nSPS) is 11.8. The van der Waals surface area contributed by atoms with Crippen LogP contribution < -0.4 is 5.73 Å². The fourth-order valence-electron chi connectivity index (χ4n) is 1.73. The summed E-state index contributed by atoms with van der Waals surface area (Å²) in [7, 11) is -2.21. The Bertz CT molecular complexity index is 705. The lowest BCUT2D eigenvalue weighted by atomic mass is 10.3. The maximum atomic E-state index is 12.5. The van der Waals surface area contributed by atoms with Gasteiger partial charge in [-0.2, -0.15) is 4.31 Å². The Kier molecular flexibility index (Phi) is 4.27. The van der Waals surface area contributed by atoms with Gasteiger partial charge in [0.1, 0.15) is 4.90 Å². The molecular formula is C13H14ClN3O2S. The van der Waals surface area contributed by atoms with E-state index in [1.807, 2.05) is 0 Å². The zero-order valence-electron chi connectivity index (χ0n) is 10.8. The van der Waals surface area contributed by atoms with Crippen molar-refractivity contribution in [2.75, 3.05) is 12.8 Å². The molecule has 0 radical (unpaired) electrons. The van der Waals surface area contributed by atoms with Crippen LogP contribution in [0.1, 0.15) is 5.56 Å². The fourth-order valence-corrected chi connectivity index (χ4v) is 3.27. The van der Waals surface area contributed by atoms with E-state index in [2.05, 4.69) is 4.98 Å². The SMILES string of the molecule is CN(Cc1cccnc1)S(=O)(=O)c1cc(Cl)ccc1N. The Balaban J connectivity index is 2.32. The number of nitrogens with zero attached hydrogens (tertiary/aromatic N) is 2. The number of sulfonamides is 1. The first-order chi connectivity index (χ1) is 9.41. The number of halogens is 1. The lowest BCUT2D eigenvalue weighted by Gasteiger charge is -2.18. The molecule has 0 fully saturated rings. The van der Waals surface area contributed by atoms with E-state index in [9.17, 15) is 8.42 Å². The average molecular weight is 312 g/mol. The molecule has 0 unspecified atom stereocenters. The molecule has 0 saturated carbocycles. The van der Waals surface area contributed by atoms with Crippen molar-refractivity contribution in [1.82, 2.24) is 9.29 Å². The van der Waals surface area contributed by atoms with Crippen molar-refractivity contribution in [3.8, 4) is 0 Å². The summed E-state index contributed by atoms with van der Waals surface area (Å²) in [6.45, 7) is 0.210. The van der Waals surface area contributed by atoms with Gasteiger partial charge in [0.15, 0.2) is 0 Å². The van der Waals surface area contributed by atoms with E-state index in [0.717, 1.165) is 5.56 Å². The Morgan fingerprint density at radius 2 is 2.10 bits per heavy atom. The summed E-state index contributed by atoms with van der Waals surface area (Å²) in [4.78, 5) is 3.97. The van der Waals surface area contributed by atoms with Crippen molar-refractivity contribution in [2.45, 2.75) is 11.4 Å². The van der Waals surface area contributed by atoms with E-state index in [1.165, 1.54) is 23.5 Å². The summed E-state index contributed by atoms with van der Waals surface area (Å²) in [6.07, 6.45) is 3.25. The molecule has 5 nitrogen and oxygen atoms in total. The molecule has 20 heavy (non-hydrogen) atoms. The molecule has 0 atom stereocenters. The van der Waals surface area contributed by atoms with Crippen molar-refractivity contribution in [3.05, 3.63) is 53.3 Å². The van der Waals surface area contributed by atoms with Gasteiger partial charge >= 0.3 is 0 Å². The first-order valence-electron chi connectivity index (χ1n) is 5.81. The summed E-state index contributed by atoms with van der Waals surface area (Å²) in [5, 5.41) is 0.326. The molecular weight excluding hydrogens is 298 g/mol. The number of anilines is 1. The van der Waals surface area contributed by atoms with E-state index in [1.54, 1.807) is 30.6 Å². The number of aromatic nitrogens is 1. The van der Waals surface area contributed by atoms with Gasteiger partial charge in [-0.3, -0.25) is 4.98 Å². The third-order valence-electron chi connectivity index (χ3n) is 2.79. The zero-order chi connectivity index (χ0) is 14.8. The molecule has 1 aromatic heterocycles. The third kappa shape index (κ3) is 3.09. The van der Waals surface area contributed by atoms with Crippen LogP contribution in [0.15, 0.2) is 47.6 Å². The Labute approximate surface area is 123 Å². The summed E-state index contributed by atoms with van der Waals surface area (Å²) in [5.74, 6) is 0. The molecule has 2 rings (SSSR count). The van der Waals surface area contributed by atoms with Gasteiger partial charge in [0, 0.05) is 31.0 Å². The average Bonchev–Trinajstić information content (AvgIpc) is 2.42. The Morgan fingerprint density at radius 1 is 1.35 bits per heavy atom. The summed E-state index contributed by atoms with van der Waals surface area (Å²) in [5.41, 5.74) is 6.69. The number of rotatable bonds is 4. The highest BCUT2D eigenvalue weighted by molar-refractivity contribution is 7.89. The van der Waals surface area contributed by atoms with Crippen LogP contribution in [0, 0.1) is 0 Å². The second-order valence-corrected chi connectivity index (χ2v) is 6.75. The standard InChI is InChI=1S/C13H14ClN3O2S/c1-17(9-10-3-2-6-16-8-10)20(18,19)13-7-11(14)4-5-12(13)15/h2-8H,9,15H2,1H3. The van der Waals surface area contributed by atoms with E-state index in [-0.39, 0.29) is 17.1 Å². The van der Waals surface area contributed by atoms with Crippen molar-refractivity contribution in [1.29, 1.82) is 0 Å². The predicted molar refractivity (Wildman–Crippen MR) is 78.8 cm³/mol. The van der Waals surface area contributed by atoms with E-state index < -0.39 is 10.0 Å². The first-order valence-corrected chi connectivity index (χ1v) is 7.63. The van der Waals surface area contributed by atoms with Crippen LogP contribution in [-0.2, 0) is 16.6 Å². The van der Waals surface area contributed by atoms with Gasteiger partial charge < -0.3 is 5.73 Å². The lowest BCUT2D eigenvalue weighted by Crippen LogP contribution is -2.27. The van der Waals surface area contributed by atoms with Crippen LogP contribution >= 0.6 is 11.6 Å². The highest BCUT2D eigenvalue weighted by Gasteiger charge is 2.23. The van der Waals surface area contributed by atoms with Crippen molar-refractivity contribution >= 4 is 27.3 Å². The first kappa shape index (κ1) is 14.8. The van der Waals surface area contributed by atoms with Gasteiger partial charge in [0.25, 0.3) is 0 Å². The minimum Gasteiger partial charge on any atom is -0.398 e. The van der Waals surface area contributed by atoms with Crippen LogP contribution in [-0.4, -0.2) is 24.8 Å². The highest BCUT2D eigenvalue weighted by atomic mass is 35.5. The van der Waals surface area contributed by atoms with Crippen LogP contribution in [0.4, 0.5) is 5.69 Å². The van der Waals surface area contributed by atoms with Gasteiger partial charge in [-0.05, 0) is 29.8 Å². The number of hydrogen-bond donors (Lipinski definition) is 1. The maximum absolute atomic E-state index is 12.5. The van der Waals surface area contributed by atoms with Gasteiger partial charge in [0.05, 0.1) is 5.69 Å². The number of pyridine rings is 1. The van der Waals surface area contributed by atoms with Crippen molar-refractivity contribution in [2.24, 2.45) is 0 Å². The lowest BCUT2D eigenvalue weighted by molar-refractivity contribution is 0.466. The summed E-state index contributed by atoms with van der Waals surface area (Å²) >= 11 is 5.84. The zero-order valence-corrected chi connectivity index (χ0v) is 12.4. The van der Waals surface area contributed by atoms with Crippen molar-refractivity contribution < 1.29 is 8.42 Å². The second-order valence-electron chi connectivity index (χ2n) is 4.30. The van der Waals surface area contributed by atoms with E-state index in [0.29, 0.717) is 5.02 Å². The number of benzene rings is 1. The Hall–Kier alpha value is -1.63. The second kappa shape index (κ2) is 5.78. The molecule has 0 amide bonds. The topological polar surface area (TPSA) is 76.3 Å². The molecule has 0 spiro atoms. The van der Waals surface area contributed by atoms with E-state index in [4.69, 9.17) is 17.3 Å². The smallest absolute Gasteiger partial charge is 0.245 e. The molecule has 1 heterocycles. The molecule has 0 aliphatic rings. The molecule has 1 aromatic carbocycles. The molecule has 0 aliphatic heterocycles. The summed E-state index contributed by atoms with van der Waals surface area (Å²) < 4.78 is 26.2. The molecule has 0 bridgehead atoms. The van der Waals surface area contributed by atoms with Crippen LogP contribution in [0.3, 0.4) is 0 Å². The number of nitrogens with two attached hydrogens (primary N) is 1. The largest absolute Gasteiger partial charge is 0.398 e. The molecule has 7 heteroatoms. The number of nitrogen functional groups attached to an aromatic ring is 1. The monoisotopic (exact) mass is 311 g/mol. The predicted octanol–water partition coefficient (Wildman–Crippen LogP) is 2.14. The molecule has 0 aliphatic carbocycles. The molecule has 0 saturated heterocycles. The van der Waals surface area contributed by atoms with Gasteiger partial charge in [-0.15, -0.1) is 0 Å². The van der Waals surface area contributed by atoms with Gasteiger partial charge in [-0.25, -0.2) is 8.42 Å². The third-order valence-corrected chi connectivity index (χ3v) is 4.89. The van der Waals surface area contributed by atoms with Crippen LogP contribution in [0.25, 0.3) is 0 Å². The fraction of sp³-hybridized carbons (Fsp3) is 0.154. The maximum Gasteiger partial charge on any atom is 0.245 e. The van der Waals surface area contributed by atoms with Crippen LogP contribution in [0.2, 0.25) is 5.02 Å². The van der Waals surface area contributed by atoms with E-state index >= 15 is 0 Å². The molecule has 106 valence electrons. The van der Waals surface area contributed by atoms with Crippen molar-refractivity contribution in [3.63, 3.8) is 0 Å². The van der Waals surface area contributed by atoms with Gasteiger partial charge in [-0.1, -0.05) is 17.7 Å². The quantitative estimate of drug-likeness (QED) is 0.878. The molecule has 2 aromatic rings. The minimum absolute atomic E-state index is 0.0105. The summed E-state index contributed by atoms with van der Waals surface area (Å²) in [6, 6.07) is 7.94. The highest BCUT2D eigenvalue weighted by Crippen LogP contribution is 2.25. The minimum atomic E-state index is -3.69. The van der Waals surface area contributed by atoms with Crippen LogP contribution in [0.5, 0.6) is 0 Å². The number of hydrogen-bond acceptors (Lipinski definition) is 4. The molecule has 2 N–H and O–H groups in total.